The molecule has 216 valence electrons. The van der Waals surface area contributed by atoms with Gasteiger partial charge in [-0.1, -0.05) is 36.4 Å². The number of aryl methyl sites for hydroxylation is 1. The summed E-state index contributed by atoms with van der Waals surface area (Å²) < 4.78 is 18.1. The van der Waals surface area contributed by atoms with Gasteiger partial charge in [-0.3, -0.25) is 14.4 Å². The van der Waals surface area contributed by atoms with Crippen LogP contribution in [0.15, 0.2) is 79.2 Å². The number of nitrogens with one attached hydrogen (secondary N) is 1. The zero-order chi connectivity index (χ0) is 30.0. The highest BCUT2D eigenvalue weighted by Gasteiger charge is 2.40. The Balaban J connectivity index is 1.40. The zero-order valence-corrected chi connectivity index (χ0v) is 24.2. The number of carbonyl (C=O) groups is 3. The monoisotopic (exact) mass is 567 g/mol. The predicted molar refractivity (Wildman–Crippen MR) is 162 cm³/mol. The van der Waals surface area contributed by atoms with Crippen molar-refractivity contribution in [2.24, 2.45) is 0 Å². The number of halogens is 1. The van der Waals surface area contributed by atoms with E-state index >= 15 is 0 Å². The highest BCUT2D eigenvalue weighted by molar-refractivity contribution is 6.08. The summed E-state index contributed by atoms with van der Waals surface area (Å²) >= 11 is 0. The molecule has 1 aliphatic heterocycles. The van der Waals surface area contributed by atoms with Gasteiger partial charge >= 0.3 is 0 Å². The number of anilines is 1. The second kappa shape index (κ2) is 12.0. The lowest BCUT2D eigenvalue weighted by Crippen LogP contribution is -2.44. The number of hydrogen-bond acceptors (Lipinski definition) is 4. The summed E-state index contributed by atoms with van der Waals surface area (Å²) in [5.74, 6) is -0.981. The van der Waals surface area contributed by atoms with Crippen molar-refractivity contribution in [1.82, 2.24) is 19.2 Å². The Hall–Kier alpha value is -4.79. The molecule has 0 radical (unpaired) electrons. The number of ketones is 1. The molecular weight excluding hydrogens is 533 g/mol. The largest absolute Gasteiger partial charge is 0.337 e. The van der Waals surface area contributed by atoms with Gasteiger partial charge in [0, 0.05) is 41.0 Å². The number of fused-ring (bicyclic) bond motifs is 1. The Labute approximate surface area is 244 Å². The number of likely N-dealkylation sites (tertiary alicyclic amines) is 1. The number of nitrogens with zero attached hydrogens (tertiary/aromatic N) is 4. The quantitative estimate of drug-likeness (QED) is 0.212. The third-order valence-corrected chi connectivity index (χ3v) is 7.65. The molecule has 1 fully saturated rings. The first-order valence-corrected chi connectivity index (χ1v) is 14.0. The van der Waals surface area contributed by atoms with Crippen molar-refractivity contribution < 1.29 is 18.8 Å². The number of alkyl halides is 1. The molecule has 1 saturated heterocycles. The van der Waals surface area contributed by atoms with Crippen molar-refractivity contribution in [3.8, 4) is 5.69 Å². The molecule has 0 aliphatic carbocycles. The molecule has 0 spiro atoms. The molecule has 8 nitrogen and oxygen atoms in total. The number of amides is 2. The first kappa shape index (κ1) is 28.7. The molecule has 2 atom stereocenters. The minimum absolute atomic E-state index is 0.0912. The van der Waals surface area contributed by atoms with Gasteiger partial charge in [0.15, 0.2) is 5.78 Å². The van der Waals surface area contributed by atoms with E-state index in [1.54, 1.807) is 33.8 Å². The number of carbonyl (C=O) groups excluding carboxylic acids is 3. The maximum absolute atomic E-state index is 14.7. The second-order valence-corrected chi connectivity index (χ2v) is 10.5. The fourth-order valence-electron chi connectivity index (χ4n) is 5.57. The minimum atomic E-state index is -1.32. The molecule has 1 N–H and O–H groups in total. The summed E-state index contributed by atoms with van der Waals surface area (Å²) in [5, 5.41) is 7.96. The number of rotatable bonds is 8. The van der Waals surface area contributed by atoms with Gasteiger partial charge in [0.05, 0.1) is 17.9 Å². The second-order valence-electron chi connectivity index (χ2n) is 10.5. The Morgan fingerprint density at radius 1 is 1.12 bits per heavy atom. The van der Waals surface area contributed by atoms with Crippen LogP contribution in [0.1, 0.15) is 48.8 Å². The van der Waals surface area contributed by atoms with Crippen molar-refractivity contribution in [2.45, 2.75) is 52.9 Å². The van der Waals surface area contributed by atoms with Crippen molar-refractivity contribution in [3.05, 3.63) is 96.0 Å². The van der Waals surface area contributed by atoms with Crippen molar-refractivity contribution in [1.29, 1.82) is 0 Å². The fourth-order valence-corrected chi connectivity index (χ4v) is 5.57. The van der Waals surface area contributed by atoms with Gasteiger partial charge in [-0.25, -0.2) is 9.07 Å². The van der Waals surface area contributed by atoms with E-state index in [0.717, 1.165) is 22.2 Å². The maximum Gasteiger partial charge on any atom is 0.247 e. The predicted octanol–water partition coefficient (Wildman–Crippen LogP) is 5.90. The van der Waals surface area contributed by atoms with Crippen molar-refractivity contribution in [3.63, 3.8) is 0 Å². The Bertz CT molecular complexity index is 1730. The Kier molecular flexibility index (Phi) is 8.20. The Morgan fingerprint density at radius 3 is 2.60 bits per heavy atom. The van der Waals surface area contributed by atoms with Gasteiger partial charge in [-0.15, -0.1) is 0 Å². The van der Waals surface area contributed by atoms with Crippen LogP contribution in [0.2, 0.25) is 0 Å². The molecule has 5 rings (SSSR count). The van der Waals surface area contributed by atoms with E-state index in [0.29, 0.717) is 22.5 Å². The highest BCUT2D eigenvalue weighted by Crippen LogP contribution is 2.29. The summed E-state index contributed by atoms with van der Waals surface area (Å²) in [5.41, 5.74) is 5.26. The molecule has 0 unspecified atom stereocenters. The standard InChI is InChI=1S/C33H34FN5O3/c1-5-9-23(6-2)24-12-13-29-26(16-24)27(22(4)40)19-37(29)20-32(41)38-18-25(34)17-31(38)33(42)36-28-10-7-8-11-30(28)39-21(3)14-15-35-39/h5-16,19,25,31H,17-18,20H2,1-4H3,(H,36,42)/b9-5-,23-6+/t25-,31+/m1/s1. The molecule has 2 aromatic heterocycles. The van der Waals surface area contributed by atoms with Crippen LogP contribution in [0.4, 0.5) is 10.1 Å². The Morgan fingerprint density at radius 2 is 1.90 bits per heavy atom. The average molecular weight is 568 g/mol. The van der Waals surface area contributed by atoms with E-state index in [1.165, 1.54) is 11.8 Å². The van der Waals surface area contributed by atoms with Crippen LogP contribution >= 0.6 is 0 Å². The molecule has 0 saturated carbocycles. The lowest BCUT2D eigenvalue weighted by molar-refractivity contribution is -0.137. The van der Waals surface area contributed by atoms with E-state index < -0.39 is 24.0 Å². The van der Waals surface area contributed by atoms with E-state index in [4.69, 9.17) is 0 Å². The smallest absolute Gasteiger partial charge is 0.247 e. The zero-order valence-electron chi connectivity index (χ0n) is 24.2. The van der Waals surface area contributed by atoms with E-state index in [9.17, 15) is 18.8 Å². The van der Waals surface area contributed by atoms with Gasteiger partial charge in [0.1, 0.15) is 18.8 Å². The van der Waals surface area contributed by atoms with Gasteiger partial charge in [-0.05, 0) is 69.2 Å². The highest BCUT2D eigenvalue weighted by atomic mass is 19.1. The fraction of sp³-hybridized carbons (Fsp3) is 0.273. The van der Waals surface area contributed by atoms with Gasteiger partial charge < -0.3 is 14.8 Å². The van der Waals surface area contributed by atoms with Crippen LogP contribution in [0.3, 0.4) is 0 Å². The first-order chi connectivity index (χ1) is 20.2. The van der Waals surface area contributed by atoms with Gasteiger partial charge in [0.2, 0.25) is 11.8 Å². The number of aromatic nitrogens is 3. The van der Waals surface area contributed by atoms with Gasteiger partial charge in [0.25, 0.3) is 0 Å². The van der Waals surface area contributed by atoms with E-state index in [-0.39, 0.29) is 25.3 Å². The van der Waals surface area contributed by atoms with Gasteiger partial charge in [-0.2, -0.15) is 5.10 Å². The maximum atomic E-state index is 14.7. The van der Waals surface area contributed by atoms with Crippen LogP contribution in [-0.4, -0.2) is 55.6 Å². The topological polar surface area (TPSA) is 89.2 Å². The van der Waals surface area contributed by atoms with Crippen molar-refractivity contribution in [2.75, 3.05) is 11.9 Å². The van der Waals surface area contributed by atoms with Crippen LogP contribution in [0, 0.1) is 6.92 Å². The van der Waals surface area contributed by atoms with Crippen molar-refractivity contribution >= 4 is 39.8 Å². The molecule has 3 heterocycles. The van der Waals surface area contributed by atoms with E-state index in [2.05, 4.69) is 10.4 Å². The number of para-hydroxylation sites is 2. The average Bonchev–Trinajstić information content (AvgIpc) is 3.68. The van der Waals surface area contributed by atoms with Crippen LogP contribution in [0.5, 0.6) is 0 Å². The normalized spacial score (nSPS) is 17.4. The van der Waals surface area contributed by atoms with E-state index in [1.807, 2.05) is 75.4 Å². The number of Topliss-reactive ketones (excluding diaryl/α,β-unsaturated/α-hetero) is 1. The summed E-state index contributed by atoms with van der Waals surface area (Å²) in [7, 11) is 0. The van der Waals surface area contributed by atoms with Crippen LogP contribution in [0.25, 0.3) is 22.2 Å². The summed E-state index contributed by atoms with van der Waals surface area (Å²) in [6.45, 7) is 6.99. The summed E-state index contributed by atoms with van der Waals surface area (Å²) in [4.78, 5) is 40.9. The van der Waals surface area contributed by atoms with Crippen LogP contribution < -0.4 is 5.32 Å². The summed E-state index contributed by atoms with van der Waals surface area (Å²) in [6.07, 6.45) is 7.87. The molecule has 4 aromatic rings. The number of benzene rings is 2. The molecule has 0 bridgehead atoms. The number of hydrogen-bond donors (Lipinski definition) is 1. The lowest BCUT2D eigenvalue weighted by atomic mass is 10.0. The lowest BCUT2D eigenvalue weighted by Gasteiger charge is -2.24. The molecule has 42 heavy (non-hydrogen) atoms. The molecule has 2 aromatic carbocycles. The molecule has 9 heteroatoms. The number of allylic oxidation sites excluding steroid dienone is 4. The van der Waals surface area contributed by atoms with Crippen LogP contribution in [-0.2, 0) is 16.1 Å². The third-order valence-electron chi connectivity index (χ3n) is 7.65. The minimum Gasteiger partial charge on any atom is -0.337 e. The molecular formula is C33H34FN5O3. The molecule has 1 aliphatic rings. The SMILES string of the molecule is C/C=C\C(=C/C)c1ccc2c(c1)c(C(C)=O)cn2CC(=O)N1C[C@H](F)C[C@H]1C(=O)Nc1ccccc1-n1nccc1C. The molecule has 2 amide bonds. The summed E-state index contributed by atoms with van der Waals surface area (Å²) in [6, 6.07) is 13.9. The third kappa shape index (κ3) is 5.54. The first-order valence-electron chi connectivity index (χ1n) is 14.0.